The Kier molecular flexibility index (Phi) is 6.17. The molecule has 0 aromatic heterocycles. The van der Waals surface area contributed by atoms with Crippen LogP contribution in [-0.2, 0) is 0 Å². The molecule has 0 fully saturated rings. The molecule has 0 saturated carbocycles. The van der Waals surface area contributed by atoms with Gasteiger partial charge in [0.05, 0.1) is 5.56 Å². The first-order valence-electron chi connectivity index (χ1n) is 5.30. The second-order valence-corrected chi connectivity index (χ2v) is 7.35. The van der Waals surface area contributed by atoms with E-state index in [2.05, 4.69) is 60.0 Å². The smallest absolute Gasteiger partial charge is 0.252 e. The largest absolute Gasteiger partial charge is 0.350 e. The normalized spacial score (nSPS) is 14.2. The van der Waals surface area contributed by atoms with Gasteiger partial charge < -0.3 is 5.32 Å². The van der Waals surface area contributed by atoms with Crippen LogP contribution < -0.4 is 5.32 Å². The first kappa shape index (κ1) is 15.2. The number of alkyl halides is 1. The van der Waals surface area contributed by atoms with Crippen molar-refractivity contribution in [2.45, 2.75) is 31.1 Å². The highest BCUT2D eigenvalue weighted by Crippen LogP contribution is 2.21. The fourth-order valence-corrected chi connectivity index (χ4v) is 2.87. The van der Waals surface area contributed by atoms with Crippen molar-refractivity contribution in [2.75, 3.05) is 0 Å². The average Bonchev–Trinajstić information content (AvgIpc) is 2.20. The lowest BCUT2D eigenvalue weighted by atomic mass is 10.1. The molecular formula is C12H14Br3NO. The molecule has 1 aromatic carbocycles. The van der Waals surface area contributed by atoms with E-state index >= 15 is 0 Å². The Labute approximate surface area is 127 Å². The van der Waals surface area contributed by atoms with Crippen molar-refractivity contribution in [3.8, 4) is 0 Å². The maximum atomic E-state index is 12.0. The first-order valence-corrected chi connectivity index (χ1v) is 7.80. The lowest BCUT2D eigenvalue weighted by molar-refractivity contribution is 0.0938. The molecular weight excluding hydrogens is 414 g/mol. The van der Waals surface area contributed by atoms with Crippen molar-refractivity contribution in [3.63, 3.8) is 0 Å². The second-order valence-electron chi connectivity index (χ2n) is 4.02. The van der Waals surface area contributed by atoms with Crippen molar-refractivity contribution < 1.29 is 4.79 Å². The number of carbonyl (C=O) groups is 1. The third kappa shape index (κ3) is 5.10. The fraction of sp³-hybridized carbons (Fsp3) is 0.417. The molecule has 0 aliphatic heterocycles. The van der Waals surface area contributed by atoms with E-state index in [1.807, 2.05) is 25.1 Å². The van der Waals surface area contributed by atoms with Gasteiger partial charge in [-0.05, 0) is 47.5 Å². The van der Waals surface area contributed by atoms with Crippen LogP contribution in [0.15, 0.2) is 27.1 Å². The van der Waals surface area contributed by atoms with Crippen LogP contribution in [0.1, 0.15) is 30.6 Å². The van der Waals surface area contributed by atoms with Crippen LogP contribution in [0.2, 0.25) is 0 Å². The molecule has 0 radical (unpaired) electrons. The van der Waals surface area contributed by atoms with Gasteiger partial charge in [0, 0.05) is 19.8 Å². The van der Waals surface area contributed by atoms with Crippen molar-refractivity contribution >= 4 is 53.7 Å². The molecule has 0 bridgehead atoms. The summed E-state index contributed by atoms with van der Waals surface area (Å²) in [5.74, 6) is -0.0566. The Hall–Kier alpha value is 0.130. The molecule has 94 valence electrons. The van der Waals surface area contributed by atoms with Crippen molar-refractivity contribution in [3.05, 3.63) is 32.7 Å². The number of rotatable bonds is 4. The highest BCUT2D eigenvalue weighted by Gasteiger charge is 2.14. The predicted octanol–water partition coefficient (Wildman–Crippen LogP) is 4.50. The summed E-state index contributed by atoms with van der Waals surface area (Å²) in [7, 11) is 0. The lowest BCUT2D eigenvalue weighted by Gasteiger charge is -2.15. The van der Waals surface area contributed by atoms with Crippen LogP contribution in [0.5, 0.6) is 0 Å². The zero-order valence-electron chi connectivity index (χ0n) is 9.64. The summed E-state index contributed by atoms with van der Waals surface area (Å²) in [4.78, 5) is 12.4. The molecule has 5 heteroatoms. The lowest BCUT2D eigenvalue weighted by Crippen LogP contribution is -2.34. The molecule has 1 N–H and O–H groups in total. The maximum absolute atomic E-state index is 12.0. The average molecular weight is 428 g/mol. The molecule has 0 heterocycles. The number of carbonyl (C=O) groups excluding carboxylic acids is 1. The summed E-state index contributed by atoms with van der Waals surface area (Å²) in [5, 5.41) is 2.98. The molecule has 0 aliphatic carbocycles. The van der Waals surface area contributed by atoms with Gasteiger partial charge in [-0.25, -0.2) is 0 Å². The van der Waals surface area contributed by atoms with E-state index in [4.69, 9.17) is 0 Å². The number of amides is 1. The van der Waals surface area contributed by atoms with Crippen molar-refractivity contribution in [1.29, 1.82) is 0 Å². The maximum Gasteiger partial charge on any atom is 0.252 e. The summed E-state index contributed by atoms with van der Waals surface area (Å²) >= 11 is 10.2. The Morgan fingerprint density at radius 3 is 2.59 bits per heavy atom. The van der Waals surface area contributed by atoms with E-state index < -0.39 is 0 Å². The zero-order valence-corrected chi connectivity index (χ0v) is 14.4. The number of benzene rings is 1. The Bertz CT molecular complexity index is 407. The number of nitrogens with one attached hydrogen (secondary N) is 1. The van der Waals surface area contributed by atoms with Crippen LogP contribution in [0.3, 0.4) is 0 Å². The quantitative estimate of drug-likeness (QED) is 0.704. The van der Waals surface area contributed by atoms with E-state index in [1.165, 1.54) is 0 Å². The van der Waals surface area contributed by atoms with Gasteiger partial charge in [-0.2, -0.15) is 0 Å². The van der Waals surface area contributed by atoms with E-state index in [9.17, 15) is 4.79 Å². The van der Waals surface area contributed by atoms with E-state index in [0.29, 0.717) is 10.4 Å². The Morgan fingerprint density at radius 1 is 1.35 bits per heavy atom. The molecule has 17 heavy (non-hydrogen) atoms. The summed E-state index contributed by atoms with van der Waals surface area (Å²) in [6.07, 6.45) is 0.900. The van der Waals surface area contributed by atoms with Gasteiger partial charge in [0.25, 0.3) is 5.91 Å². The number of halogens is 3. The second kappa shape index (κ2) is 6.90. The molecule has 1 amide bonds. The summed E-state index contributed by atoms with van der Waals surface area (Å²) in [6.45, 7) is 4.07. The van der Waals surface area contributed by atoms with Gasteiger partial charge in [0.1, 0.15) is 0 Å². The van der Waals surface area contributed by atoms with Crippen LogP contribution in [0.4, 0.5) is 0 Å². The molecule has 2 atom stereocenters. The highest BCUT2D eigenvalue weighted by atomic mass is 79.9. The summed E-state index contributed by atoms with van der Waals surface area (Å²) in [5.41, 5.74) is 0.647. The van der Waals surface area contributed by atoms with Gasteiger partial charge >= 0.3 is 0 Å². The third-order valence-corrected chi connectivity index (χ3v) is 3.79. The first-order chi connectivity index (χ1) is 7.90. The molecule has 1 aromatic rings. The van der Waals surface area contributed by atoms with Crippen LogP contribution in [0, 0.1) is 0 Å². The fourth-order valence-electron chi connectivity index (χ4n) is 1.52. The minimum absolute atomic E-state index is 0.0566. The van der Waals surface area contributed by atoms with Crippen molar-refractivity contribution in [1.82, 2.24) is 5.32 Å². The van der Waals surface area contributed by atoms with Gasteiger partial charge in [0.15, 0.2) is 0 Å². The van der Waals surface area contributed by atoms with Crippen LogP contribution >= 0.6 is 47.8 Å². The van der Waals surface area contributed by atoms with Gasteiger partial charge in [0.2, 0.25) is 0 Å². The van der Waals surface area contributed by atoms with Crippen molar-refractivity contribution in [2.24, 2.45) is 0 Å². The minimum atomic E-state index is -0.0566. The number of hydrogen-bond acceptors (Lipinski definition) is 1. The summed E-state index contributed by atoms with van der Waals surface area (Å²) in [6, 6.07) is 5.70. The molecule has 2 nitrogen and oxygen atoms in total. The third-order valence-electron chi connectivity index (χ3n) is 2.23. The predicted molar refractivity (Wildman–Crippen MR) is 81.8 cm³/mol. The Balaban J connectivity index is 2.73. The standard InChI is InChI=1S/C12H14Br3NO/c1-7(13)5-8(2)16-12(17)10-6-9(14)3-4-11(10)15/h3-4,6-8H,5H2,1-2H3,(H,16,17). The number of hydrogen-bond donors (Lipinski definition) is 1. The minimum Gasteiger partial charge on any atom is -0.350 e. The van der Waals surface area contributed by atoms with Gasteiger partial charge in [-0.15, -0.1) is 0 Å². The molecule has 1 rings (SSSR count). The van der Waals surface area contributed by atoms with Crippen LogP contribution in [-0.4, -0.2) is 16.8 Å². The van der Waals surface area contributed by atoms with E-state index in [-0.39, 0.29) is 11.9 Å². The van der Waals surface area contributed by atoms with Gasteiger partial charge in [-0.1, -0.05) is 38.8 Å². The van der Waals surface area contributed by atoms with E-state index in [0.717, 1.165) is 15.4 Å². The topological polar surface area (TPSA) is 29.1 Å². The van der Waals surface area contributed by atoms with E-state index in [1.54, 1.807) is 0 Å². The Morgan fingerprint density at radius 2 is 2.00 bits per heavy atom. The van der Waals surface area contributed by atoms with Gasteiger partial charge in [-0.3, -0.25) is 4.79 Å². The van der Waals surface area contributed by atoms with Crippen LogP contribution in [0.25, 0.3) is 0 Å². The monoisotopic (exact) mass is 425 g/mol. The summed E-state index contributed by atoms with van der Waals surface area (Å²) < 4.78 is 1.70. The molecule has 2 unspecified atom stereocenters. The highest BCUT2D eigenvalue weighted by molar-refractivity contribution is 9.11. The SMILES string of the molecule is CC(Br)CC(C)NC(=O)c1cc(Br)ccc1Br. The molecule has 0 spiro atoms. The molecule has 0 aliphatic rings. The zero-order chi connectivity index (χ0) is 13.0. The molecule has 0 saturated heterocycles.